The Labute approximate surface area is 170 Å². The molecule has 1 fully saturated rings. The fraction of sp³-hybridized carbons (Fsp3) is 0.650. The standard InChI is InChI=1S/C17H27F3N2O4.C3H4/c1-5-21(7-6-17(3,4)25)13(8-18)15(20)14(19)11(2)22-9-12(10-23)26-16(22)24;1-3-2/h12,23,25H,5-10H2,1-4H3;1H,2H3/b14-11-,15-13-;. The number of hydrogen-bond acceptors (Lipinski definition) is 5. The number of hydrogen-bond donors (Lipinski definition) is 2. The molecule has 0 radical (unpaired) electrons. The molecule has 9 heteroatoms. The van der Waals surface area contributed by atoms with Gasteiger partial charge in [-0.25, -0.2) is 18.0 Å². The lowest BCUT2D eigenvalue weighted by Crippen LogP contribution is -2.32. The summed E-state index contributed by atoms with van der Waals surface area (Å²) in [4.78, 5) is 13.9. The largest absolute Gasteiger partial charge is 0.441 e. The Bertz CT molecular complexity index is 651. The van der Waals surface area contributed by atoms with Crippen LogP contribution in [-0.4, -0.2) is 70.7 Å². The van der Waals surface area contributed by atoms with Crippen LogP contribution in [-0.2, 0) is 4.74 Å². The van der Waals surface area contributed by atoms with Crippen LogP contribution in [0, 0.1) is 12.3 Å². The minimum absolute atomic E-state index is 0.122. The molecule has 166 valence electrons. The van der Waals surface area contributed by atoms with Crippen molar-refractivity contribution in [3.05, 3.63) is 23.0 Å². The third kappa shape index (κ3) is 8.38. The van der Waals surface area contributed by atoms with Crippen molar-refractivity contribution in [3.8, 4) is 12.3 Å². The number of carbonyl (C=O) groups excluding carboxylic acids is 1. The third-order valence-corrected chi connectivity index (χ3v) is 4.13. The Balaban J connectivity index is 0.00000245. The number of aliphatic hydroxyl groups excluding tert-OH is 1. The molecule has 1 aliphatic heterocycles. The van der Waals surface area contributed by atoms with Gasteiger partial charge in [-0.1, -0.05) is 0 Å². The van der Waals surface area contributed by atoms with Crippen molar-refractivity contribution in [2.75, 3.05) is 32.9 Å². The molecule has 1 rings (SSSR count). The number of terminal acetylenes is 1. The van der Waals surface area contributed by atoms with Gasteiger partial charge in [0.2, 0.25) is 0 Å². The van der Waals surface area contributed by atoms with Gasteiger partial charge in [-0.3, -0.25) is 4.90 Å². The molecule has 0 aliphatic carbocycles. The second-order valence-electron chi connectivity index (χ2n) is 7.02. The average Bonchev–Trinajstić information content (AvgIpc) is 3.04. The van der Waals surface area contributed by atoms with Crippen LogP contribution < -0.4 is 0 Å². The molecule has 0 bridgehead atoms. The second kappa shape index (κ2) is 12.4. The first-order valence-electron chi connectivity index (χ1n) is 9.22. The number of cyclic esters (lactones) is 1. The Morgan fingerprint density at radius 1 is 1.41 bits per heavy atom. The van der Waals surface area contributed by atoms with Crippen LogP contribution in [0.1, 0.15) is 41.0 Å². The van der Waals surface area contributed by atoms with Crippen LogP contribution in [0.5, 0.6) is 0 Å². The van der Waals surface area contributed by atoms with Gasteiger partial charge in [-0.05, 0) is 41.0 Å². The van der Waals surface area contributed by atoms with Crippen molar-refractivity contribution in [3.63, 3.8) is 0 Å². The molecule has 0 spiro atoms. The highest BCUT2D eigenvalue weighted by atomic mass is 19.2. The first kappa shape index (κ1) is 26.8. The van der Waals surface area contributed by atoms with Gasteiger partial charge in [0.1, 0.15) is 12.8 Å². The van der Waals surface area contributed by atoms with E-state index in [9.17, 15) is 23.1 Å². The van der Waals surface area contributed by atoms with Crippen LogP contribution in [0.4, 0.5) is 18.0 Å². The van der Waals surface area contributed by atoms with Gasteiger partial charge in [-0.2, -0.15) is 0 Å². The number of alkyl halides is 1. The van der Waals surface area contributed by atoms with E-state index in [1.165, 1.54) is 11.8 Å². The molecule has 1 atom stereocenters. The summed E-state index contributed by atoms with van der Waals surface area (Å²) in [5, 5.41) is 18.8. The van der Waals surface area contributed by atoms with Gasteiger partial charge in [0.25, 0.3) is 0 Å². The maximum Gasteiger partial charge on any atom is 0.414 e. The molecule has 2 N–H and O–H groups in total. The van der Waals surface area contributed by atoms with E-state index in [4.69, 9.17) is 9.84 Å². The first-order valence-corrected chi connectivity index (χ1v) is 9.22. The van der Waals surface area contributed by atoms with E-state index >= 15 is 0 Å². The van der Waals surface area contributed by atoms with E-state index in [1.54, 1.807) is 27.7 Å². The highest BCUT2D eigenvalue weighted by molar-refractivity contribution is 5.72. The highest BCUT2D eigenvalue weighted by Crippen LogP contribution is 2.28. The quantitative estimate of drug-likeness (QED) is 0.442. The normalized spacial score (nSPS) is 18.2. The topological polar surface area (TPSA) is 73.2 Å². The molecular formula is C20H31F3N2O4. The van der Waals surface area contributed by atoms with E-state index in [2.05, 4.69) is 12.3 Å². The molecule has 1 unspecified atom stereocenters. The Hall–Kier alpha value is -2.18. The van der Waals surface area contributed by atoms with Gasteiger partial charge in [0.05, 0.1) is 30.1 Å². The molecule has 6 nitrogen and oxygen atoms in total. The number of carbonyl (C=O) groups is 1. The number of halogens is 3. The molecule has 0 aromatic heterocycles. The van der Waals surface area contributed by atoms with E-state index in [0.717, 1.165) is 4.90 Å². The molecule has 0 saturated carbocycles. The van der Waals surface area contributed by atoms with Crippen LogP contribution in [0.25, 0.3) is 0 Å². The Kier molecular flexibility index (Phi) is 11.5. The minimum atomic E-state index is -1.40. The summed E-state index contributed by atoms with van der Waals surface area (Å²) in [5.74, 6) is -0.516. The first-order chi connectivity index (χ1) is 13.5. The summed E-state index contributed by atoms with van der Waals surface area (Å²) in [6.07, 6.45) is 3.11. The lowest BCUT2D eigenvalue weighted by atomic mass is 10.1. The third-order valence-electron chi connectivity index (χ3n) is 4.13. The van der Waals surface area contributed by atoms with Gasteiger partial charge in [-0.15, -0.1) is 12.3 Å². The minimum Gasteiger partial charge on any atom is -0.441 e. The monoisotopic (exact) mass is 420 g/mol. The fourth-order valence-corrected chi connectivity index (χ4v) is 2.47. The maximum absolute atomic E-state index is 14.6. The zero-order valence-electron chi connectivity index (χ0n) is 17.6. The number of nitrogens with zero attached hydrogens (tertiary/aromatic N) is 2. The molecule has 29 heavy (non-hydrogen) atoms. The molecule has 0 aromatic rings. The van der Waals surface area contributed by atoms with Gasteiger partial charge in [0.15, 0.2) is 11.7 Å². The van der Waals surface area contributed by atoms with E-state index < -0.39 is 48.4 Å². The smallest absolute Gasteiger partial charge is 0.414 e. The summed E-state index contributed by atoms with van der Waals surface area (Å²) >= 11 is 0. The van der Waals surface area contributed by atoms with E-state index in [0.29, 0.717) is 0 Å². The van der Waals surface area contributed by atoms with Crippen molar-refractivity contribution >= 4 is 6.09 Å². The summed E-state index contributed by atoms with van der Waals surface area (Å²) in [6.45, 7) is 6.17. The molecular weight excluding hydrogens is 389 g/mol. The van der Waals surface area contributed by atoms with Crippen LogP contribution in [0.3, 0.4) is 0 Å². The van der Waals surface area contributed by atoms with Crippen LogP contribution >= 0.6 is 0 Å². The highest BCUT2D eigenvalue weighted by Gasteiger charge is 2.34. The lowest BCUT2D eigenvalue weighted by molar-refractivity contribution is 0.0610. The van der Waals surface area contributed by atoms with Gasteiger partial charge in [0, 0.05) is 13.1 Å². The van der Waals surface area contributed by atoms with Crippen molar-refractivity contribution in [2.24, 2.45) is 0 Å². The Morgan fingerprint density at radius 3 is 2.34 bits per heavy atom. The van der Waals surface area contributed by atoms with Gasteiger partial charge < -0.3 is 19.8 Å². The van der Waals surface area contributed by atoms with Gasteiger partial charge >= 0.3 is 6.09 Å². The van der Waals surface area contributed by atoms with Crippen LogP contribution in [0.15, 0.2) is 23.0 Å². The predicted octanol–water partition coefficient (Wildman–Crippen LogP) is 3.27. The van der Waals surface area contributed by atoms with E-state index in [-0.39, 0.29) is 31.8 Å². The second-order valence-corrected chi connectivity index (χ2v) is 7.02. The summed E-state index contributed by atoms with van der Waals surface area (Å²) in [5.41, 5.74) is -1.87. The Morgan fingerprint density at radius 2 is 1.97 bits per heavy atom. The van der Waals surface area contributed by atoms with Crippen LogP contribution in [0.2, 0.25) is 0 Å². The fourth-order valence-electron chi connectivity index (χ4n) is 2.47. The lowest BCUT2D eigenvalue weighted by Gasteiger charge is -2.28. The zero-order valence-corrected chi connectivity index (χ0v) is 17.6. The number of rotatable bonds is 9. The van der Waals surface area contributed by atoms with E-state index in [1.807, 2.05) is 0 Å². The summed E-state index contributed by atoms with van der Waals surface area (Å²) in [7, 11) is 0. The number of allylic oxidation sites excluding steroid dienone is 4. The maximum atomic E-state index is 14.6. The molecule has 0 aromatic carbocycles. The average molecular weight is 420 g/mol. The summed E-state index contributed by atoms with van der Waals surface area (Å²) < 4.78 is 47.4. The number of ether oxygens (including phenoxy) is 1. The van der Waals surface area contributed by atoms with Crippen molar-refractivity contribution in [2.45, 2.75) is 52.7 Å². The number of aliphatic hydroxyl groups is 2. The molecule has 1 aliphatic rings. The molecule has 1 amide bonds. The number of amides is 1. The SMILES string of the molecule is C#CC.CCN(CCC(C)(C)O)/C(CF)=C(F)/C(F)=C(\C)N1CC(CO)OC1=O. The van der Waals surface area contributed by atoms with Crippen molar-refractivity contribution in [1.82, 2.24) is 9.80 Å². The zero-order chi connectivity index (χ0) is 22.8. The van der Waals surface area contributed by atoms with Crippen molar-refractivity contribution in [1.29, 1.82) is 0 Å². The van der Waals surface area contributed by atoms with Crippen molar-refractivity contribution < 1.29 is 32.9 Å². The molecule has 1 saturated heterocycles. The predicted molar refractivity (Wildman–Crippen MR) is 105 cm³/mol. The summed E-state index contributed by atoms with van der Waals surface area (Å²) in [6, 6.07) is 0. The molecule has 1 heterocycles.